The van der Waals surface area contributed by atoms with E-state index in [1.54, 1.807) is 6.07 Å². The predicted molar refractivity (Wildman–Crippen MR) is 76.0 cm³/mol. The molecule has 8 heteroatoms. The fraction of sp³-hybridized carbons (Fsp3) is 0.583. The van der Waals surface area contributed by atoms with Crippen LogP contribution in [0.4, 0.5) is 17.3 Å². The molecule has 0 aliphatic heterocycles. The molecule has 1 aromatic rings. The average molecular weight is 284 g/mol. The van der Waals surface area contributed by atoms with Gasteiger partial charge in [0.05, 0.1) is 17.6 Å². The molecule has 1 heterocycles. The first-order valence-corrected chi connectivity index (χ1v) is 6.38. The van der Waals surface area contributed by atoms with Gasteiger partial charge in [0.15, 0.2) is 0 Å². The van der Waals surface area contributed by atoms with Crippen molar-refractivity contribution in [3.8, 4) is 0 Å². The molecule has 8 nitrogen and oxygen atoms in total. The highest BCUT2D eigenvalue weighted by Crippen LogP contribution is 2.25. The molecule has 0 aliphatic carbocycles. The van der Waals surface area contributed by atoms with Crippen molar-refractivity contribution < 1.29 is 14.8 Å². The van der Waals surface area contributed by atoms with E-state index in [2.05, 4.69) is 15.6 Å². The summed E-state index contributed by atoms with van der Waals surface area (Å²) in [5.41, 5.74) is -0.106. The van der Waals surface area contributed by atoms with E-state index >= 15 is 0 Å². The summed E-state index contributed by atoms with van der Waals surface area (Å²) in [4.78, 5) is 14.7. The number of anilines is 2. The van der Waals surface area contributed by atoms with Crippen LogP contribution < -0.4 is 10.6 Å². The van der Waals surface area contributed by atoms with Crippen molar-refractivity contribution in [3.05, 3.63) is 22.2 Å². The van der Waals surface area contributed by atoms with E-state index in [1.807, 2.05) is 6.92 Å². The van der Waals surface area contributed by atoms with Crippen molar-refractivity contribution in [2.75, 3.05) is 37.5 Å². The number of aliphatic hydroxyl groups excluding tert-OH is 1. The van der Waals surface area contributed by atoms with Crippen LogP contribution in [0.15, 0.2) is 12.1 Å². The highest BCUT2D eigenvalue weighted by atomic mass is 16.6. The minimum atomic E-state index is -0.492. The van der Waals surface area contributed by atoms with Gasteiger partial charge in [0.2, 0.25) is 5.82 Å². The van der Waals surface area contributed by atoms with Crippen LogP contribution in [-0.2, 0) is 4.74 Å². The van der Waals surface area contributed by atoms with E-state index in [0.29, 0.717) is 25.4 Å². The third kappa shape index (κ3) is 4.63. The zero-order valence-electron chi connectivity index (χ0n) is 11.6. The normalized spacial score (nSPS) is 11.9. The number of aliphatic hydroxyl groups is 1. The molecule has 0 saturated carbocycles. The number of hydrogen-bond donors (Lipinski definition) is 3. The standard InChI is InChI=1S/C12H20N4O4/c1-3-13-11-5-4-10(16(18)19)12(15-11)14-9(6-7-17)8-20-2/h4-5,9,17H,3,6-8H2,1-2H3,(H2,13,14,15). The summed E-state index contributed by atoms with van der Waals surface area (Å²) in [6.07, 6.45) is 0.415. The van der Waals surface area contributed by atoms with Crippen LogP contribution >= 0.6 is 0 Å². The van der Waals surface area contributed by atoms with Crippen molar-refractivity contribution in [1.29, 1.82) is 0 Å². The highest BCUT2D eigenvalue weighted by molar-refractivity contribution is 5.60. The summed E-state index contributed by atoms with van der Waals surface area (Å²) in [5, 5.41) is 26.0. The van der Waals surface area contributed by atoms with Gasteiger partial charge < -0.3 is 20.5 Å². The first-order chi connectivity index (χ1) is 9.62. The Hall–Kier alpha value is -1.93. The molecule has 3 N–H and O–H groups in total. The fourth-order valence-electron chi connectivity index (χ4n) is 1.73. The van der Waals surface area contributed by atoms with Gasteiger partial charge in [0.1, 0.15) is 5.82 Å². The summed E-state index contributed by atoms with van der Waals surface area (Å²) in [6.45, 7) is 2.87. The summed E-state index contributed by atoms with van der Waals surface area (Å²) in [7, 11) is 1.53. The average Bonchev–Trinajstić information content (AvgIpc) is 2.39. The Morgan fingerprint density at radius 3 is 2.85 bits per heavy atom. The second kappa shape index (κ2) is 8.28. The number of aromatic nitrogens is 1. The van der Waals surface area contributed by atoms with Crippen molar-refractivity contribution >= 4 is 17.3 Å². The Morgan fingerprint density at radius 2 is 2.30 bits per heavy atom. The lowest BCUT2D eigenvalue weighted by Crippen LogP contribution is -2.27. The number of nitrogens with zero attached hydrogens (tertiary/aromatic N) is 2. The number of methoxy groups -OCH3 is 1. The molecule has 1 atom stereocenters. The first-order valence-electron chi connectivity index (χ1n) is 6.38. The molecule has 0 amide bonds. The maximum absolute atomic E-state index is 11.0. The maximum Gasteiger partial charge on any atom is 0.311 e. The van der Waals surface area contributed by atoms with Gasteiger partial charge in [-0.1, -0.05) is 0 Å². The van der Waals surface area contributed by atoms with E-state index in [0.717, 1.165) is 0 Å². The lowest BCUT2D eigenvalue weighted by atomic mass is 10.2. The number of nitrogens with one attached hydrogen (secondary N) is 2. The van der Waals surface area contributed by atoms with Crippen LogP contribution in [0.25, 0.3) is 0 Å². The van der Waals surface area contributed by atoms with Crippen molar-refractivity contribution in [2.45, 2.75) is 19.4 Å². The van der Waals surface area contributed by atoms with E-state index in [4.69, 9.17) is 9.84 Å². The maximum atomic E-state index is 11.0. The van der Waals surface area contributed by atoms with Gasteiger partial charge >= 0.3 is 5.69 Å². The Kier molecular flexibility index (Phi) is 6.68. The molecule has 0 saturated heterocycles. The molecular formula is C12H20N4O4. The second-order valence-electron chi connectivity index (χ2n) is 4.16. The molecule has 0 bridgehead atoms. The summed E-state index contributed by atoms with van der Waals surface area (Å²) in [6, 6.07) is 2.72. The van der Waals surface area contributed by atoms with Crippen LogP contribution in [0, 0.1) is 10.1 Å². The molecule has 0 aliphatic rings. The molecular weight excluding hydrogens is 264 g/mol. The Labute approximate surface area is 117 Å². The topological polar surface area (TPSA) is 110 Å². The summed E-state index contributed by atoms with van der Waals surface area (Å²) < 4.78 is 5.02. The molecule has 1 rings (SSSR count). The molecule has 0 radical (unpaired) electrons. The largest absolute Gasteiger partial charge is 0.396 e. The van der Waals surface area contributed by atoms with Crippen molar-refractivity contribution in [1.82, 2.24) is 4.98 Å². The minimum absolute atomic E-state index is 0.0400. The minimum Gasteiger partial charge on any atom is -0.396 e. The highest BCUT2D eigenvalue weighted by Gasteiger charge is 2.19. The predicted octanol–water partition coefficient (Wildman–Crippen LogP) is 1.23. The van der Waals surface area contributed by atoms with Crippen LogP contribution in [0.3, 0.4) is 0 Å². The first kappa shape index (κ1) is 16.1. The lowest BCUT2D eigenvalue weighted by molar-refractivity contribution is -0.384. The van der Waals surface area contributed by atoms with E-state index in [-0.39, 0.29) is 24.2 Å². The van der Waals surface area contributed by atoms with Crippen molar-refractivity contribution in [3.63, 3.8) is 0 Å². The lowest BCUT2D eigenvalue weighted by Gasteiger charge is -2.17. The summed E-state index contributed by atoms with van der Waals surface area (Å²) in [5.74, 6) is 0.727. The van der Waals surface area contributed by atoms with Gasteiger partial charge in [-0.15, -0.1) is 0 Å². The van der Waals surface area contributed by atoms with Crippen LogP contribution in [0.2, 0.25) is 0 Å². The number of nitro groups is 1. The van der Waals surface area contributed by atoms with E-state index < -0.39 is 4.92 Å². The molecule has 0 fully saturated rings. The van der Waals surface area contributed by atoms with Crippen LogP contribution in [-0.4, -0.2) is 47.9 Å². The zero-order chi connectivity index (χ0) is 15.0. The molecule has 1 aromatic heterocycles. The quantitative estimate of drug-likeness (QED) is 0.462. The third-order valence-electron chi connectivity index (χ3n) is 2.61. The van der Waals surface area contributed by atoms with Crippen LogP contribution in [0.1, 0.15) is 13.3 Å². The van der Waals surface area contributed by atoms with Gasteiger partial charge in [-0.2, -0.15) is 0 Å². The van der Waals surface area contributed by atoms with Gasteiger partial charge in [0, 0.05) is 26.3 Å². The molecule has 0 spiro atoms. The van der Waals surface area contributed by atoms with E-state index in [9.17, 15) is 10.1 Å². The Bertz CT molecular complexity index is 435. The zero-order valence-corrected chi connectivity index (χ0v) is 11.6. The number of pyridine rings is 1. The second-order valence-corrected chi connectivity index (χ2v) is 4.16. The van der Waals surface area contributed by atoms with Crippen molar-refractivity contribution in [2.24, 2.45) is 0 Å². The molecule has 0 aromatic carbocycles. The summed E-state index contributed by atoms with van der Waals surface area (Å²) >= 11 is 0. The number of ether oxygens (including phenoxy) is 1. The van der Waals surface area contributed by atoms with Crippen LogP contribution in [0.5, 0.6) is 0 Å². The number of rotatable bonds is 9. The monoisotopic (exact) mass is 284 g/mol. The number of hydrogen-bond acceptors (Lipinski definition) is 7. The molecule has 112 valence electrons. The van der Waals surface area contributed by atoms with E-state index in [1.165, 1.54) is 13.2 Å². The Balaban J connectivity index is 2.98. The third-order valence-corrected chi connectivity index (χ3v) is 2.61. The SMILES string of the molecule is CCNc1ccc([N+](=O)[O-])c(NC(CCO)COC)n1. The smallest absolute Gasteiger partial charge is 0.311 e. The molecule has 1 unspecified atom stereocenters. The van der Waals surface area contributed by atoms with Gasteiger partial charge in [0.25, 0.3) is 0 Å². The van der Waals surface area contributed by atoms with Gasteiger partial charge in [-0.05, 0) is 19.4 Å². The van der Waals surface area contributed by atoms with Gasteiger partial charge in [-0.3, -0.25) is 10.1 Å². The fourth-order valence-corrected chi connectivity index (χ4v) is 1.73. The van der Waals surface area contributed by atoms with Gasteiger partial charge in [-0.25, -0.2) is 4.98 Å². The Morgan fingerprint density at radius 1 is 1.55 bits per heavy atom. The molecule has 20 heavy (non-hydrogen) atoms.